The summed E-state index contributed by atoms with van der Waals surface area (Å²) in [5, 5.41) is 8.80. The number of unbranched alkanes of at least 4 members (excludes halogenated alkanes) is 1. The molecule has 0 heterocycles. The monoisotopic (exact) mass is 280 g/mol. The Morgan fingerprint density at radius 3 is 2.29 bits per heavy atom. The minimum Gasteiger partial charge on any atom is -0.396 e. The Kier molecular flexibility index (Phi) is 6.54. The van der Waals surface area contributed by atoms with E-state index >= 15 is 0 Å². The number of aliphatic hydroxyl groups excluding tert-OH is 1. The fourth-order valence-electron chi connectivity index (χ4n) is 1.94. The van der Waals surface area contributed by atoms with E-state index in [1.165, 1.54) is 0 Å². The Morgan fingerprint density at radius 2 is 1.62 bits per heavy atom. The van der Waals surface area contributed by atoms with Crippen LogP contribution >= 0.6 is 0 Å². The first-order valence-electron chi connectivity index (χ1n) is 7.20. The van der Waals surface area contributed by atoms with Crippen LogP contribution in [-0.2, 0) is 11.3 Å². The molecule has 0 aliphatic heterocycles. The van der Waals surface area contributed by atoms with Gasteiger partial charge in [0.05, 0.1) is 6.61 Å². The largest absolute Gasteiger partial charge is 0.396 e. The number of rotatable bonds is 6. The van der Waals surface area contributed by atoms with E-state index in [0.29, 0.717) is 19.4 Å². The van der Waals surface area contributed by atoms with Crippen molar-refractivity contribution in [3.8, 4) is 11.8 Å². The van der Waals surface area contributed by atoms with E-state index in [1.807, 2.05) is 60.7 Å². The van der Waals surface area contributed by atoms with Gasteiger partial charge in [-0.3, -0.25) is 0 Å². The number of ether oxygens (including phenoxy) is 1. The van der Waals surface area contributed by atoms with Gasteiger partial charge in [-0.2, -0.15) is 0 Å². The molecule has 0 fully saturated rings. The number of hydrogen-bond donors (Lipinski definition) is 1. The third-order valence-corrected chi connectivity index (χ3v) is 3.05. The molecule has 0 aromatic heterocycles. The van der Waals surface area contributed by atoms with Gasteiger partial charge in [-0.05, 0) is 17.5 Å². The predicted octanol–water partition coefficient (Wildman–Crippen LogP) is 3.72. The van der Waals surface area contributed by atoms with Gasteiger partial charge >= 0.3 is 0 Å². The average molecular weight is 280 g/mol. The first-order chi connectivity index (χ1) is 10.4. The molecule has 108 valence electrons. The van der Waals surface area contributed by atoms with Gasteiger partial charge < -0.3 is 9.84 Å². The van der Waals surface area contributed by atoms with Crippen molar-refractivity contribution >= 4 is 0 Å². The minimum atomic E-state index is -0.231. The molecule has 0 spiro atoms. The lowest BCUT2D eigenvalue weighted by molar-refractivity contribution is 0.0780. The zero-order valence-electron chi connectivity index (χ0n) is 12.0. The van der Waals surface area contributed by atoms with Crippen molar-refractivity contribution in [1.29, 1.82) is 0 Å². The summed E-state index contributed by atoms with van der Waals surface area (Å²) in [5.74, 6) is 6.24. The second-order valence-corrected chi connectivity index (χ2v) is 4.74. The number of benzene rings is 2. The topological polar surface area (TPSA) is 29.5 Å². The van der Waals surface area contributed by atoms with Crippen molar-refractivity contribution in [2.75, 3.05) is 6.61 Å². The van der Waals surface area contributed by atoms with E-state index in [0.717, 1.165) is 11.1 Å². The minimum absolute atomic E-state index is 0.176. The van der Waals surface area contributed by atoms with Crippen LogP contribution in [0.1, 0.15) is 30.1 Å². The molecule has 2 aromatic rings. The summed E-state index contributed by atoms with van der Waals surface area (Å²) < 4.78 is 5.96. The maximum atomic E-state index is 8.80. The van der Waals surface area contributed by atoms with E-state index in [-0.39, 0.29) is 12.7 Å². The van der Waals surface area contributed by atoms with Gasteiger partial charge in [-0.1, -0.05) is 66.6 Å². The van der Waals surface area contributed by atoms with E-state index < -0.39 is 0 Å². The first kappa shape index (κ1) is 15.3. The zero-order chi connectivity index (χ0) is 14.8. The fourth-order valence-corrected chi connectivity index (χ4v) is 1.94. The van der Waals surface area contributed by atoms with Crippen LogP contribution < -0.4 is 0 Å². The number of hydrogen-bond acceptors (Lipinski definition) is 2. The zero-order valence-corrected chi connectivity index (χ0v) is 12.0. The lowest BCUT2D eigenvalue weighted by Gasteiger charge is -2.13. The molecule has 21 heavy (non-hydrogen) atoms. The van der Waals surface area contributed by atoms with Gasteiger partial charge in [0, 0.05) is 13.0 Å². The summed E-state index contributed by atoms with van der Waals surface area (Å²) in [5.41, 5.74) is 2.19. The first-order valence-corrected chi connectivity index (χ1v) is 7.20. The maximum absolute atomic E-state index is 8.80. The van der Waals surface area contributed by atoms with Crippen molar-refractivity contribution in [1.82, 2.24) is 0 Å². The highest BCUT2D eigenvalue weighted by molar-refractivity contribution is 5.25. The highest BCUT2D eigenvalue weighted by Gasteiger charge is 2.08. The van der Waals surface area contributed by atoms with E-state index in [1.54, 1.807) is 0 Å². The quantitative estimate of drug-likeness (QED) is 0.645. The molecule has 2 aromatic carbocycles. The Morgan fingerprint density at radius 1 is 0.952 bits per heavy atom. The van der Waals surface area contributed by atoms with Crippen LogP contribution in [0.15, 0.2) is 60.7 Å². The summed E-state index contributed by atoms with van der Waals surface area (Å²) in [7, 11) is 0. The van der Waals surface area contributed by atoms with Gasteiger partial charge in [-0.25, -0.2) is 0 Å². The molecule has 0 bridgehead atoms. The van der Waals surface area contributed by atoms with Gasteiger partial charge in [0.2, 0.25) is 0 Å². The smallest absolute Gasteiger partial charge is 0.143 e. The third-order valence-electron chi connectivity index (χ3n) is 3.05. The highest BCUT2D eigenvalue weighted by Crippen LogP contribution is 2.18. The SMILES string of the molecule is OCCCC#CC(OCc1ccccc1)c1ccccc1. The van der Waals surface area contributed by atoms with Crippen LogP contribution in [0.3, 0.4) is 0 Å². The molecule has 0 aliphatic carbocycles. The van der Waals surface area contributed by atoms with Gasteiger partial charge in [0.15, 0.2) is 0 Å². The number of aliphatic hydroxyl groups is 1. The second-order valence-electron chi connectivity index (χ2n) is 4.74. The Labute approximate surface area is 126 Å². The molecule has 2 nitrogen and oxygen atoms in total. The third kappa shape index (κ3) is 5.43. The molecule has 0 aliphatic rings. The highest BCUT2D eigenvalue weighted by atomic mass is 16.5. The fraction of sp³-hybridized carbons (Fsp3) is 0.263. The second kappa shape index (κ2) is 8.97. The molecule has 0 saturated carbocycles. The molecular formula is C19H20O2. The standard InChI is InChI=1S/C19H20O2/c20-15-9-3-8-14-19(18-12-6-2-7-13-18)21-16-17-10-4-1-5-11-17/h1-2,4-7,10-13,19-20H,3,9,15-16H2. The van der Waals surface area contributed by atoms with Crippen molar-refractivity contribution in [2.24, 2.45) is 0 Å². The molecule has 0 radical (unpaired) electrons. The van der Waals surface area contributed by atoms with Crippen LogP contribution in [0.2, 0.25) is 0 Å². The Hall–Kier alpha value is -2.08. The molecule has 2 heteroatoms. The predicted molar refractivity (Wildman–Crippen MR) is 84.5 cm³/mol. The van der Waals surface area contributed by atoms with Crippen LogP contribution in [0, 0.1) is 11.8 Å². The molecule has 1 atom stereocenters. The van der Waals surface area contributed by atoms with E-state index in [9.17, 15) is 0 Å². The average Bonchev–Trinajstić information content (AvgIpc) is 2.56. The summed E-state index contributed by atoms with van der Waals surface area (Å²) in [6, 6.07) is 20.1. The molecule has 0 saturated heterocycles. The molecule has 1 N–H and O–H groups in total. The van der Waals surface area contributed by atoms with Crippen LogP contribution in [0.5, 0.6) is 0 Å². The summed E-state index contributed by atoms with van der Waals surface area (Å²) in [6.45, 7) is 0.713. The van der Waals surface area contributed by atoms with Crippen LogP contribution in [0.25, 0.3) is 0 Å². The van der Waals surface area contributed by atoms with E-state index in [2.05, 4.69) is 11.8 Å². The molecule has 1 unspecified atom stereocenters. The summed E-state index contributed by atoms with van der Waals surface area (Å²) in [4.78, 5) is 0. The summed E-state index contributed by atoms with van der Waals surface area (Å²) in [6.07, 6.45) is 1.16. The van der Waals surface area contributed by atoms with Crippen molar-refractivity contribution < 1.29 is 9.84 Å². The van der Waals surface area contributed by atoms with Gasteiger partial charge in [0.25, 0.3) is 0 Å². The van der Waals surface area contributed by atoms with E-state index in [4.69, 9.17) is 9.84 Å². The van der Waals surface area contributed by atoms with Crippen molar-refractivity contribution in [2.45, 2.75) is 25.6 Å². The van der Waals surface area contributed by atoms with Crippen molar-refractivity contribution in [3.05, 3.63) is 71.8 Å². The van der Waals surface area contributed by atoms with Crippen LogP contribution in [0.4, 0.5) is 0 Å². The van der Waals surface area contributed by atoms with Gasteiger partial charge in [-0.15, -0.1) is 5.92 Å². The maximum Gasteiger partial charge on any atom is 0.143 e. The Balaban J connectivity index is 2.03. The van der Waals surface area contributed by atoms with Crippen LogP contribution in [-0.4, -0.2) is 11.7 Å². The van der Waals surface area contributed by atoms with Crippen molar-refractivity contribution in [3.63, 3.8) is 0 Å². The lowest BCUT2D eigenvalue weighted by atomic mass is 10.1. The normalized spacial score (nSPS) is 11.5. The molecular weight excluding hydrogens is 260 g/mol. The van der Waals surface area contributed by atoms with Gasteiger partial charge in [0.1, 0.15) is 6.10 Å². The lowest BCUT2D eigenvalue weighted by Crippen LogP contribution is -2.02. The molecule has 0 amide bonds. The molecule has 2 rings (SSSR count). The summed E-state index contributed by atoms with van der Waals surface area (Å²) >= 11 is 0. The Bertz CT molecular complexity index is 567.